The van der Waals surface area contributed by atoms with Crippen molar-refractivity contribution in [3.8, 4) is 17.2 Å². The van der Waals surface area contributed by atoms with E-state index in [2.05, 4.69) is 15.6 Å². The Morgan fingerprint density at radius 3 is 2.86 bits per heavy atom. The quantitative estimate of drug-likeness (QED) is 0.682. The zero-order chi connectivity index (χ0) is 19.3. The van der Waals surface area contributed by atoms with Gasteiger partial charge < -0.3 is 24.8 Å². The minimum Gasteiger partial charge on any atom is -0.497 e. The molecule has 3 aromatic rings. The number of hydrogen-bond donors (Lipinski definition) is 2. The molecule has 1 aromatic heterocycles. The van der Waals surface area contributed by atoms with Gasteiger partial charge in [-0.2, -0.15) is 0 Å². The summed E-state index contributed by atoms with van der Waals surface area (Å²) in [6.45, 7) is 0.833. The summed E-state index contributed by atoms with van der Waals surface area (Å²) in [6.07, 6.45) is 1.60. The van der Waals surface area contributed by atoms with E-state index in [-0.39, 0.29) is 12.7 Å². The molecule has 2 N–H and O–H groups in total. The maximum atomic E-state index is 12.5. The van der Waals surface area contributed by atoms with Crippen LogP contribution in [-0.4, -0.2) is 24.8 Å². The maximum absolute atomic E-state index is 12.5. The number of carbonyl (C=O) groups is 1. The van der Waals surface area contributed by atoms with E-state index in [1.807, 2.05) is 36.4 Å². The Morgan fingerprint density at radius 1 is 1.07 bits per heavy atom. The summed E-state index contributed by atoms with van der Waals surface area (Å²) < 4.78 is 15.9. The van der Waals surface area contributed by atoms with Crippen LogP contribution in [0, 0.1) is 0 Å². The summed E-state index contributed by atoms with van der Waals surface area (Å²) in [5.74, 6) is 1.88. The van der Waals surface area contributed by atoms with Crippen molar-refractivity contribution in [1.29, 1.82) is 0 Å². The Bertz CT molecular complexity index is 1010. The van der Waals surface area contributed by atoms with Crippen LogP contribution in [-0.2, 0) is 6.54 Å². The summed E-state index contributed by atoms with van der Waals surface area (Å²) >= 11 is 0. The molecule has 0 spiro atoms. The van der Waals surface area contributed by atoms with Crippen molar-refractivity contribution in [2.75, 3.05) is 24.5 Å². The van der Waals surface area contributed by atoms with Gasteiger partial charge in [-0.05, 0) is 42.0 Å². The minimum atomic E-state index is -0.292. The highest BCUT2D eigenvalue weighted by atomic mass is 16.7. The highest BCUT2D eigenvalue weighted by molar-refractivity contribution is 6.03. The Hall–Kier alpha value is -3.74. The molecule has 4 rings (SSSR count). The van der Waals surface area contributed by atoms with Crippen molar-refractivity contribution >= 4 is 17.3 Å². The molecule has 2 aromatic carbocycles. The van der Waals surface area contributed by atoms with Crippen molar-refractivity contribution in [3.05, 3.63) is 72.1 Å². The first-order chi connectivity index (χ1) is 13.7. The lowest BCUT2D eigenvalue weighted by atomic mass is 10.2. The van der Waals surface area contributed by atoms with Crippen LogP contribution in [0.1, 0.15) is 16.1 Å². The van der Waals surface area contributed by atoms with E-state index in [0.29, 0.717) is 23.7 Å². The van der Waals surface area contributed by atoms with Crippen LogP contribution in [0.15, 0.2) is 60.8 Å². The van der Waals surface area contributed by atoms with E-state index in [9.17, 15) is 4.79 Å². The van der Waals surface area contributed by atoms with Crippen molar-refractivity contribution in [2.24, 2.45) is 0 Å². The molecule has 7 heteroatoms. The van der Waals surface area contributed by atoms with E-state index in [0.717, 1.165) is 22.7 Å². The number of benzene rings is 2. The van der Waals surface area contributed by atoms with Crippen LogP contribution in [0.2, 0.25) is 0 Å². The number of rotatable bonds is 6. The predicted molar refractivity (Wildman–Crippen MR) is 105 cm³/mol. The van der Waals surface area contributed by atoms with Crippen molar-refractivity contribution in [1.82, 2.24) is 4.98 Å². The molecule has 0 radical (unpaired) electrons. The number of ether oxygens (including phenoxy) is 3. The number of amides is 1. The van der Waals surface area contributed by atoms with Gasteiger partial charge in [0.2, 0.25) is 6.79 Å². The first-order valence-corrected chi connectivity index (χ1v) is 8.75. The van der Waals surface area contributed by atoms with Gasteiger partial charge in [0.15, 0.2) is 11.5 Å². The van der Waals surface area contributed by atoms with Gasteiger partial charge in [0, 0.05) is 30.2 Å². The predicted octanol–water partition coefficient (Wildman–Crippen LogP) is 3.68. The van der Waals surface area contributed by atoms with Gasteiger partial charge in [0.25, 0.3) is 5.91 Å². The third kappa shape index (κ3) is 3.98. The number of nitrogens with one attached hydrogen (secondary N) is 2. The highest BCUT2D eigenvalue weighted by Gasteiger charge is 2.13. The largest absolute Gasteiger partial charge is 0.497 e. The molecular weight excluding hydrogens is 358 g/mol. The lowest BCUT2D eigenvalue weighted by molar-refractivity contribution is 0.102. The SMILES string of the molecule is COc1cccc(NC(=O)c2cc(NCc3ccc4c(c3)OCO4)ccn2)c1. The fourth-order valence-electron chi connectivity index (χ4n) is 2.82. The first-order valence-electron chi connectivity index (χ1n) is 8.75. The van der Waals surface area contributed by atoms with Crippen LogP contribution in [0.4, 0.5) is 11.4 Å². The number of carbonyl (C=O) groups excluding carboxylic acids is 1. The van der Waals surface area contributed by atoms with Crippen molar-refractivity contribution in [2.45, 2.75) is 6.54 Å². The van der Waals surface area contributed by atoms with Gasteiger partial charge in [-0.25, -0.2) is 0 Å². The zero-order valence-electron chi connectivity index (χ0n) is 15.3. The van der Waals surface area contributed by atoms with Gasteiger partial charge in [-0.1, -0.05) is 12.1 Å². The molecule has 0 atom stereocenters. The minimum absolute atomic E-state index is 0.252. The Morgan fingerprint density at radius 2 is 1.96 bits per heavy atom. The van der Waals surface area contributed by atoms with Crippen molar-refractivity contribution < 1.29 is 19.0 Å². The topological polar surface area (TPSA) is 81.7 Å². The molecule has 1 aliphatic rings. The number of hydrogen-bond acceptors (Lipinski definition) is 6. The summed E-state index contributed by atoms with van der Waals surface area (Å²) in [5, 5.41) is 6.12. The summed E-state index contributed by atoms with van der Waals surface area (Å²) in [5.41, 5.74) is 2.80. The van der Waals surface area contributed by atoms with Crippen LogP contribution < -0.4 is 24.8 Å². The van der Waals surface area contributed by atoms with Crippen LogP contribution in [0.25, 0.3) is 0 Å². The number of pyridine rings is 1. The highest BCUT2D eigenvalue weighted by Crippen LogP contribution is 2.32. The second-order valence-electron chi connectivity index (χ2n) is 6.16. The Kier molecular flexibility index (Phi) is 4.97. The molecule has 142 valence electrons. The molecule has 7 nitrogen and oxygen atoms in total. The summed E-state index contributed by atoms with van der Waals surface area (Å²) in [7, 11) is 1.58. The van der Waals surface area contributed by atoms with Gasteiger partial charge in [0.1, 0.15) is 11.4 Å². The third-order valence-electron chi connectivity index (χ3n) is 4.25. The Balaban J connectivity index is 1.41. The standard InChI is InChI=1S/C21H19N3O4/c1-26-17-4-2-3-16(10-17)24-21(25)18-11-15(7-8-22-18)23-12-14-5-6-19-20(9-14)28-13-27-19/h2-11H,12-13H2,1H3,(H,22,23)(H,24,25). The molecule has 0 saturated heterocycles. The summed E-state index contributed by atoms with van der Waals surface area (Å²) in [6, 6.07) is 16.5. The lowest BCUT2D eigenvalue weighted by Crippen LogP contribution is -2.14. The fraction of sp³-hybridized carbons (Fsp3) is 0.143. The Labute approximate surface area is 162 Å². The molecule has 0 fully saturated rings. The molecule has 28 heavy (non-hydrogen) atoms. The van der Waals surface area contributed by atoms with E-state index < -0.39 is 0 Å². The summed E-state index contributed by atoms with van der Waals surface area (Å²) in [4.78, 5) is 16.7. The van der Waals surface area contributed by atoms with E-state index in [4.69, 9.17) is 14.2 Å². The molecular formula is C21H19N3O4. The second-order valence-corrected chi connectivity index (χ2v) is 6.16. The second kappa shape index (κ2) is 7.87. The number of anilines is 2. The first kappa shape index (κ1) is 17.7. The monoisotopic (exact) mass is 377 g/mol. The number of methoxy groups -OCH3 is 1. The third-order valence-corrected chi connectivity index (χ3v) is 4.25. The number of aromatic nitrogens is 1. The van der Waals surface area contributed by atoms with Crippen LogP contribution in [0.5, 0.6) is 17.2 Å². The average Bonchev–Trinajstić information content (AvgIpc) is 3.20. The van der Waals surface area contributed by atoms with E-state index >= 15 is 0 Å². The molecule has 0 aliphatic carbocycles. The normalized spacial score (nSPS) is 11.8. The van der Waals surface area contributed by atoms with Gasteiger partial charge in [-0.15, -0.1) is 0 Å². The van der Waals surface area contributed by atoms with Crippen LogP contribution >= 0.6 is 0 Å². The molecule has 1 aliphatic heterocycles. The average molecular weight is 377 g/mol. The molecule has 0 bridgehead atoms. The molecule has 2 heterocycles. The number of fused-ring (bicyclic) bond motifs is 1. The van der Waals surface area contributed by atoms with Crippen LogP contribution in [0.3, 0.4) is 0 Å². The lowest BCUT2D eigenvalue weighted by Gasteiger charge is -2.10. The fourth-order valence-corrected chi connectivity index (χ4v) is 2.82. The smallest absolute Gasteiger partial charge is 0.274 e. The molecule has 1 amide bonds. The van der Waals surface area contributed by atoms with Gasteiger partial charge in [-0.3, -0.25) is 9.78 Å². The number of nitrogens with zero attached hydrogens (tertiary/aromatic N) is 1. The molecule has 0 unspecified atom stereocenters. The molecule has 0 saturated carbocycles. The van der Waals surface area contributed by atoms with E-state index in [1.54, 1.807) is 31.5 Å². The zero-order valence-corrected chi connectivity index (χ0v) is 15.3. The van der Waals surface area contributed by atoms with Crippen molar-refractivity contribution in [3.63, 3.8) is 0 Å². The maximum Gasteiger partial charge on any atom is 0.274 e. The van der Waals surface area contributed by atoms with E-state index in [1.165, 1.54) is 0 Å². The van der Waals surface area contributed by atoms with Gasteiger partial charge >= 0.3 is 0 Å². The van der Waals surface area contributed by atoms with Gasteiger partial charge in [0.05, 0.1) is 7.11 Å².